The summed E-state index contributed by atoms with van der Waals surface area (Å²) in [4.78, 5) is 6.03. The third-order valence-electron chi connectivity index (χ3n) is 2.80. The van der Waals surface area contributed by atoms with Crippen molar-refractivity contribution in [1.29, 1.82) is 0 Å². The molecule has 19 heavy (non-hydrogen) atoms. The van der Waals surface area contributed by atoms with Crippen LogP contribution in [0.3, 0.4) is 0 Å². The van der Waals surface area contributed by atoms with Gasteiger partial charge in [0.1, 0.15) is 0 Å². The number of anilines is 2. The first-order chi connectivity index (χ1) is 9.08. The Hall–Kier alpha value is -1.43. The second-order valence-corrected chi connectivity index (χ2v) is 4.40. The standard InChI is InChI=1S/C13H22F2N4/c1-4-6-16-12-10(14)9-11(15)13(18-12)17-7-8-19(3)5-2/h9H,4-8H2,1-3H3,(H2,16,17,18). The SMILES string of the molecule is CCCNc1nc(NCCN(C)CC)c(F)cc1F. The highest BCUT2D eigenvalue weighted by molar-refractivity contribution is 5.47. The molecule has 1 aromatic rings. The van der Waals surface area contributed by atoms with Gasteiger partial charge in [0.25, 0.3) is 0 Å². The van der Waals surface area contributed by atoms with Gasteiger partial charge in [-0.05, 0) is 20.0 Å². The van der Waals surface area contributed by atoms with Gasteiger partial charge in [0, 0.05) is 25.7 Å². The van der Waals surface area contributed by atoms with E-state index in [0.29, 0.717) is 13.1 Å². The maximum absolute atomic E-state index is 13.6. The molecule has 0 radical (unpaired) electrons. The van der Waals surface area contributed by atoms with Gasteiger partial charge in [-0.25, -0.2) is 13.8 Å². The van der Waals surface area contributed by atoms with E-state index in [9.17, 15) is 8.78 Å². The number of aromatic nitrogens is 1. The molecule has 0 aliphatic heterocycles. The van der Waals surface area contributed by atoms with E-state index in [2.05, 4.69) is 20.5 Å². The van der Waals surface area contributed by atoms with Gasteiger partial charge in [0.15, 0.2) is 23.3 Å². The molecule has 0 amide bonds. The largest absolute Gasteiger partial charge is 0.368 e. The number of rotatable bonds is 8. The molecular weight excluding hydrogens is 250 g/mol. The van der Waals surface area contributed by atoms with Crippen molar-refractivity contribution in [3.05, 3.63) is 17.7 Å². The van der Waals surface area contributed by atoms with Gasteiger partial charge < -0.3 is 15.5 Å². The molecule has 1 aromatic heterocycles. The smallest absolute Gasteiger partial charge is 0.168 e. The lowest BCUT2D eigenvalue weighted by molar-refractivity contribution is 0.366. The van der Waals surface area contributed by atoms with Crippen LogP contribution in [0.1, 0.15) is 20.3 Å². The van der Waals surface area contributed by atoms with Crippen LogP contribution in [0.15, 0.2) is 6.07 Å². The number of halogens is 2. The number of nitrogens with zero attached hydrogens (tertiary/aromatic N) is 2. The Morgan fingerprint density at radius 2 is 1.68 bits per heavy atom. The lowest BCUT2D eigenvalue weighted by Gasteiger charge is -2.15. The van der Waals surface area contributed by atoms with Crippen LogP contribution in [0.25, 0.3) is 0 Å². The molecule has 0 spiro atoms. The lowest BCUT2D eigenvalue weighted by Crippen LogP contribution is -2.25. The quantitative estimate of drug-likeness (QED) is 0.763. The first-order valence-electron chi connectivity index (χ1n) is 6.60. The fourth-order valence-corrected chi connectivity index (χ4v) is 1.48. The van der Waals surface area contributed by atoms with Gasteiger partial charge in [0.2, 0.25) is 0 Å². The van der Waals surface area contributed by atoms with Crippen molar-refractivity contribution in [2.45, 2.75) is 20.3 Å². The second-order valence-electron chi connectivity index (χ2n) is 4.40. The summed E-state index contributed by atoms with van der Waals surface area (Å²) in [6.45, 7) is 6.87. The monoisotopic (exact) mass is 272 g/mol. The molecule has 2 N–H and O–H groups in total. The summed E-state index contributed by atoms with van der Waals surface area (Å²) in [6, 6.07) is 0.858. The van der Waals surface area contributed by atoms with Crippen LogP contribution in [0.5, 0.6) is 0 Å². The summed E-state index contributed by atoms with van der Waals surface area (Å²) >= 11 is 0. The van der Waals surface area contributed by atoms with Crippen LogP contribution in [0, 0.1) is 11.6 Å². The van der Waals surface area contributed by atoms with Crippen LogP contribution in [-0.4, -0.2) is 43.1 Å². The summed E-state index contributed by atoms with van der Waals surface area (Å²) in [5, 5.41) is 5.73. The van der Waals surface area contributed by atoms with E-state index < -0.39 is 11.6 Å². The molecule has 6 heteroatoms. The second kappa shape index (κ2) is 7.89. The Balaban J connectivity index is 2.66. The lowest BCUT2D eigenvalue weighted by atomic mass is 10.3. The summed E-state index contributed by atoms with van der Waals surface area (Å²) in [5.74, 6) is -1.15. The van der Waals surface area contributed by atoms with Crippen LogP contribution in [0.2, 0.25) is 0 Å². The van der Waals surface area contributed by atoms with E-state index in [4.69, 9.17) is 0 Å². The molecule has 0 fully saturated rings. The van der Waals surface area contributed by atoms with Gasteiger partial charge in [-0.2, -0.15) is 0 Å². The maximum Gasteiger partial charge on any atom is 0.168 e. The highest BCUT2D eigenvalue weighted by Gasteiger charge is 2.11. The minimum Gasteiger partial charge on any atom is -0.368 e. The number of hydrogen-bond donors (Lipinski definition) is 2. The topological polar surface area (TPSA) is 40.2 Å². The highest BCUT2D eigenvalue weighted by atomic mass is 19.1. The van der Waals surface area contributed by atoms with Crippen molar-refractivity contribution < 1.29 is 8.78 Å². The molecule has 0 aliphatic carbocycles. The minimum absolute atomic E-state index is 0.0875. The van der Waals surface area contributed by atoms with Crippen molar-refractivity contribution in [2.75, 3.05) is 43.9 Å². The maximum atomic E-state index is 13.6. The van der Waals surface area contributed by atoms with E-state index in [1.165, 1.54) is 0 Å². The molecule has 1 rings (SSSR count). The highest BCUT2D eigenvalue weighted by Crippen LogP contribution is 2.18. The number of nitrogens with one attached hydrogen (secondary N) is 2. The molecule has 0 bridgehead atoms. The molecular formula is C13H22F2N4. The zero-order valence-corrected chi connectivity index (χ0v) is 11.8. The van der Waals surface area contributed by atoms with Crippen molar-refractivity contribution >= 4 is 11.6 Å². The van der Waals surface area contributed by atoms with Gasteiger partial charge in [-0.3, -0.25) is 0 Å². The third-order valence-corrected chi connectivity index (χ3v) is 2.80. The Morgan fingerprint density at radius 3 is 2.21 bits per heavy atom. The van der Waals surface area contributed by atoms with Crippen molar-refractivity contribution in [1.82, 2.24) is 9.88 Å². The fraction of sp³-hybridized carbons (Fsp3) is 0.615. The number of hydrogen-bond acceptors (Lipinski definition) is 4. The van der Waals surface area contributed by atoms with Crippen LogP contribution in [-0.2, 0) is 0 Å². The molecule has 1 heterocycles. The van der Waals surface area contributed by atoms with Crippen LogP contribution < -0.4 is 10.6 Å². The average Bonchev–Trinajstić information content (AvgIpc) is 2.39. The van der Waals surface area contributed by atoms with Crippen LogP contribution in [0.4, 0.5) is 20.4 Å². The molecule has 0 saturated heterocycles. The summed E-state index contributed by atoms with van der Waals surface area (Å²) in [7, 11) is 1.98. The van der Waals surface area contributed by atoms with Gasteiger partial charge in [0.05, 0.1) is 0 Å². The number of pyridine rings is 1. The summed E-state index contributed by atoms with van der Waals surface area (Å²) in [5.41, 5.74) is 0. The summed E-state index contributed by atoms with van der Waals surface area (Å²) in [6.07, 6.45) is 0.850. The zero-order chi connectivity index (χ0) is 14.3. The van der Waals surface area contributed by atoms with Crippen molar-refractivity contribution in [2.24, 2.45) is 0 Å². The Kier molecular flexibility index (Phi) is 6.49. The number of likely N-dealkylation sites (N-methyl/N-ethyl adjacent to an activating group) is 1. The molecule has 108 valence electrons. The first-order valence-corrected chi connectivity index (χ1v) is 6.60. The van der Waals surface area contributed by atoms with E-state index >= 15 is 0 Å². The fourth-order valence-electron chi connectivity index (χ4n) is 1.48. The minimum atomic E-state index is -0.668. The van der Waals surface area contributed by atoms with Crippen molar-refractivity contribution in [3.8, 4) is 0 Å². The average molecular weight is 272 g/mol. The predicted octanol–water partition coefficient (Wildman–Crippen LogP) is 2.55. The summed E-state index contributed by atoms with van der Waals surface area (Å²) < 4.78 is 27.0. The molecule has 0 aromatic carbocycles. The van der Waals surface area contributed by atoms with Crippen LogP contribution >= 0.6 is 0 Å². The van der Waals surface area contributed by atoms with Gasteiger partial charge in [-0.15, -0.1) is 0 Å². The van der Waals surface area contributed by atoms with Crippen molar-refractivity contribution in [3.63, 3.8) is 0 Å². The third kappa shape index (κ3) is 4.98. The Morgan fingerprint density at radius 1 is 1.11 bits per heavy atom. The Bertz CT molecular complexity index is 398. The molecule has 0 unspecified atom stereocenters. The molecule has 0 saturated carbocycles. The van der Waals surface area contributed by atoms with Gasteiger partial charge >= 0.3 is 0 Å². The molecule has 0 aliphatic rings. The Labute approximate surface area is 113 Å². The zero-order valence-electron chi connectivity index (χ0n) is 11.8. The molecule has 4 nitrogen and oxygen atoms in total. The van der Waals surface area contributed by atoms with E-state index in [-0.39, 0.29) is 11.6 Å². The van der Waals surface area contributed by atoms with E-state index in [1.807, 2.05) is 20.9 Å². The first kappa shape index (κ1) is 15.6. The predicted molar refractivity (Wildman–Crippen MR) is 74.6 cm³/mol. The normalized spacial score (nSPS) is 10.8. The molecule has 0 atom stereocenters. The van der Waals surface area contributed by atoms with E-state index in [1.54, 1.807) is 0 Å². The van der Waals surface area contributed by atoms with E-state index in [0.717, 1.165) is 25.6 Å². The van der Waals surface area contributed by atoms with Gasteiger partial charge in [-0.1, -0.05) is 13.8 Å².